The van der Waals surface area contributed by atoms with Gasteiger partial charge in [0.15, 0.2) is 0 Å². The zero-order valence-electron chi connectivity index (χ0n) is 17.1. The van der Waals surface area contributed by atoms with E-state index in [1.54, 1.807) is 37.3 Å². The molecule has 1 heterocycles. The van der Waals surface area contributed by atoms with Gasteiger partial charge in [-0.15, -0.1) is 0 Å². The number of nitrogens with one attached hydrogen (secondary N) is 2. The number of halogens is 4. The summed E-state index contributed by atoms with van der Waals surface area (Å²) in [4.78, 5) is 12.2. The van der Waals surface area contributed by atoms with Gasteiger partial charge in [0.2, 0.25) is 0 Å². The van der Waals surface area contributed by atoms with E-state index in [2.05, 4.69) is 10.7 Å². The third kappa shape index (κ3) is 4.41. The van der Waals surface area contributed by atoms with Crippen molar-refractivity contribution in [3.8, 4) is 0 Å². The number of fused-ring (bicyclic) bond motifs is 1. The third-order valence-electron chi connectivity index (χ3n) is 5.12. The first-order valence-electron chi connectivity index (χ1n) is 9.64. The van der Waals surface area contributed by atoms with E-state index in [1.165, 1.54) is 6.07 Å². The van der Waals surface area contributed by atoms with Crippen LogP contribution in [0.3, 0.4) is 0 Å². The monoisotopic (exact) mass is 495 g/mol. The van der Waals surface area contributed by atoms with Gasteiger partial charge in [-0.3, -0.25) is 4.79 Å². The maximum absolute atomic E-state index is 13.1. The number of hydrogen-bond donors (Lipinski definition) is 2. The summed E-state index contributed by atoms with van der Waals surface area (Å²) in [6.45, 7) is 1.88. The molecule has 0 saturated carbocycles. The molecule has 4 rings (SSSR count). The molecule has 0 fully saturated rings. The Morgan fingerprint density at radius 2 is 1.82 bits per heavy atom. The fourth-order valence-electron chi connectivity index (χ4n) is 3.49. The molecule has 1 amide bonds. The van der Waals surface area contributed by atoms with Crippen LogP contribution in [0.5, 0.6) is 0 Å². The number of carbonyl (C=O) groups excluding carboxylic acids is 1. The average molecular weight is 496 g/mol. The fourth-order valence-corrected chi connectivity index (χ4v) is 5.20. The Hall–Kier alpha value is -3.08. The largest absolute Gasteiger partial charge is 0.416 e. The Bertz CT molecular complexity index is 1340. The molecule has 0 bridgehead atoms. The van der Waals surface area contributed by atoms with Crippen molar-refractivity contribution in [3.05, 3.63) is 87.9 Å². The zero-order valence-corrected chi connectivity index (χ0v) is 18.6. The topological polar surface area (TPSA) is 78.5 Å². The minimum atomic E-state index is -4.68. The number of hydrazine groups is 1. The van der Waals surface area contributed by atoms with Crippen LogP contribution < -0.4 is 15.2 Å². The molecule has 0 aromatic heterocycles. The molecule has 33 heavy (non-hydrogen) atoms. The SMILES string of the molecule is Cc1cccc(Cl)c1C(=O)Nc1ccc2c(c1)N(S(=O)(=O)c1cccc(C(F)(F)F)c1)NC2. The van der Waals surface area contributed by atoms with Crippen molar-refractivity contribution in [3.63, 3.8) is 0 Å². The second-order valence-electron chi connectivity index (χ2n) is 7.36. The molecule has 6 nitrogen and oxygen atoms in total. The van der Waals surface area contributed by atoms with Gasteiger partial charge in [0, 0.05) is 12.2 Å². The number of nitrogens with zero attached hydrogens (tertiary/aromatic N) is 1. The first-order chi connectivity index (χ1) is 15.5. The van der Waals surface area contributed by atoms with Gasteiger partial charge >= 0.3 is 6.18 Å². The van der Waals surface area contributed by atoms with Crippen LogP contribution in [0.15, 0.2) is 65.6 Å². The molecule has 0 saturated heterocycles. The van der Waals surface area contributed by atoms with E-state index >= 15 is 0 Å². The van der Waals surface area contributed by atoms with Crippen molar-refractivity contribution in [2.75, 3.05) is 9.73 Å². The van der Waals surface area contributed by atoms with Gasteiger partial charge in [-0.1, -0.05) is 35.9 Å². The number of hydrogen-bond acceptors (Lipinski definition) is 4. The highest BCUT2D eigenvalue weighted by Crippen LogP contribution is 2.35. The maximum Gasteiger partial charge on any atom is 0.416 e. The van der Waals surface area contributed by atoms with Crippen molar-refractivity contribution in [1.82, 2.24) is 5.43 Å². The fraction of sp³-hybridized carbons (Fsp3) is 0.136. The van der Waals surface area contributed by atoms with Crippen LogP contribution in [-0.2, 0) is 22.7 Å². The van der Waals surface area contributed by atoms with Gasteiger partial charge in [0.1, 0.15) is 0 Å². The first-order valence-corrected chi connectivity index (χ1v) is 11.5. The molecule has 0 radical (unpaired) electrons. The second-order valence-corrected chi connectivity index (χ2v) is 9.55. The summed E-state index contributed by atoms with van der Waals surface area (Å²) in [5.41, 5.74) is 3.64. The number of amides is 1. The van der Waals surface area contributed by atoms with Gasteiger partial charge in [-0.05, 0) is 54.4 Å². The van der Waals surface area contributed by atoms with Crippen molar-refractivity contribution in [1.29, 1.82) is 0 Å². The quantitative estimate of drug-likeness (QED) is 0.526. The lowest BCUT2D eigenvalue weighted by atomic mass is 10.1. The molecule has 0 spiro atoms. The summed E-state index contributed by atoms with van der Waals surface area (Å²) in [5.74, 6) is -0.476. The van der Waals surface area contributed by atoms with Crippen LogP contribution >= 0.6 is 11.6 Å². The van der Waals surface area contributed by atoms with E-state index in [0.717, 1.165) is 22.6 Å². The maximum atomic E-state index is 13.1. The van der Waals surface area contributed by atoms with Crippen molar-refractivity contribution < 1.29 is 26.4 Å². The van der Waals surface area contributed by atoms with Crippen LogP contribution in [0.25, 0.3) is 0 Å². The number of anilines is 2. The van der Waals surface area contributed by atoms with E-state index in [4.69, 9.17) is 11.6 Å². The van der Waals surface area contributed by atoms with Crippen molar-refractivity contribution in [2.24, 2.45) is 0 Å². The van der Waals surface area contributed by atoms with Crippen LogP contribution in [-0.4, -0.2) is 14.3 Å². The Kier molecular flexibility index (Phi) is 5.85. The van der Waals surface area contributed by atoms with E-state index in [1.807, 2.05) is 0 Å². The lowest BCUT2D eigenvalue weighted by Gasteiger charge is -2.20. The second kappa shape index (κ2) is 8.36. The van der Waals surface area contributed by atoms with Gasteiger partial charge in [-0.2, -0.15) is 26.0 Å². The highest BCUT2D eigenvalue weighted by atomic mass is 35.5. The molecule has 0 unspecified atom stereocenters. The van der Waals surface area contributed by atoms with E-state index < -0.39 is 32.6 Å². The summed E-state index contributed by atoms with van der Waals surface area (Å²) >= 11 is 6.14. The number of alkyl halides is 3. The Morgan fingerprint density at radius 3 is 2.52 bits per heavy atom. The summed E-state index contributed by atoms with van der Waals surface area (Å²) in [7, 11) is -4.36. The van der Waals surface area contributed by atoms with Crippen LogP contribution in [0, 0.1) is 6.92 Å². The van der Waals surface area contributed by atoms with Gasteiger partial charge in [0.25, 0.3) is 15.9 Å². The minimum absolute atomic E-state index is 0.144. The standard InChI is InChI=1S/C22H17ClF3N3O3S/c1-13-4-2-7-18(23)20(13)21(30)28-16-9-8-14-12-27-29(19(14)11-16)33(31,32)17-6-3-5-15(10-17)22(24,25)26/h2-11,27H,12H2,1H3,(H,28,30). The molecule has 11 heteroatoms. The molecular weight excluding hydrogens is 479 g/mol. The van der Waals surface area contributed by atoms with Crippen LogP contribution in [0.4, 0.5) is 24.5 Å². The number of sulfonamides is 1. The third-order valence-corrected chi connectivity index (χ3v) is 7.09. The van der Waals surface area contributed by atoms with E-state index in [0.29, 0.717) is 22.9 Å². The first kappa shape index (κ1) is 23.1. The number of benzene rings is 3. The van der Waals surface area contributed by atoms with Crippen LogP contribution in [0.1, 0.15) is 27.0 Å². The van der Waals surface area contributed by atoms with Gasteiger partial charge in [0.05, 0.1) is 26.7 Å². The average Bonchev–Trinajstić information content (AvgIpc) is 3.17. The lowest BCUT2D eigenvalue weighted by molar-refractivity contribution is -0.137. The molecule has 3 aromatic rings. The molecule has 1 aliphatic rings. The number of aryl methyl sites for hydroxylation is 1. The summed E-state index contributed by atoms with van der Waals surface area (Å²) in [5, 5.41) is 2.96. The lowest BCUT2D eigenvalue weighted by Crippen LogP contribution is -2.38. The van der Waals surface area contributed by atoms with Crippen molar-refractivity contribution >= 4 is 38.9 Å². The van der Waals surface area contributed by atoms with Gasteiger partial charge in [-0.25, -0.2) is 5.43 Å². The Morgan fingerprint density at radius 1 is 1.09 bits per heavy atom. The smallest absolute Gasteiger partial charge is 0.322 e. The summed E-state index contributed by atoms with van der Waals surface area (Å²) in [6, 6.07) is 13.2. The Labute approximate surface area is 193 Å². The number of carbonyl (C=O) groups is 1. The molecule has 172 valence electrons. The highest BCUT2D eigenvalue weighted by Gasteiger charge is 2.35. The van der Waals surface area contributed by atoms with Crippen LogP contribution in [0.2, 0.25) is 5.02 Å². The van der Waals surface area contributed by atoms with E-state index in [-0.39, 0.29) is 22.8 Å². The molecular formula is C22H17ClF3N3O3S. The zero-order chi connectivity index (χ0) is 24.0. The summed E-state index contributed by atoms with van der Waals surface area (Å²) in [6.07, 6.45) is -4.68. The van der Waals surface area contributed by atoms with E-state index in [9.17, 15) is 26.4 Å². The molecule has 0 aliphatic carbocycles. The molecule has 1 aliphatic heterocycles. The normalized spacial score (nSPS) is 13.7. The Balaban J connectivity index is 1.66. The minimum Gasteiger partial charge on any atom is -0.322 e. The van der Waals surface area contributed by atoms with Crippen molar-refractivity contribution in [2.45, 2.75) is 24.5 Å². The van der Waals surface area contributed by atoms with Gasteiger partial charge < -0.3 is 5.32 Å². The molecule has 2 N–H and O–H groups in total. The predicted octanol–water partition coefficient (Wildman–Crippen LogP) is 5.13. The number of rotatable bonds is 4. The molecule has 3 aromatic carbocycles. The summed E-state index contributed by atoms with van der Waals surface area (Å²) < 4.78 is 66.2. The molecule has 0 atom stereocenters. The predicted molar refractivity (Wildman–Crippen MR) is 119 cm³/mol. The highest BCUT2D eigenvalue weighted by molar-refractivity contribution is 7.92.